The number of aromatic nitrogens is 3. The van der Waals surface area contributed by atoms with Crippen LogP contribution in [-0.2, 0) is 5.41 Å². The summed E-state index contributed by atoms with van der Waals surface area (Å²) in [6, 6.07) is 40.7. The van der Waals surface area contributed by atoms with Crippen LogP contribution in [0.1, 0.15) is 25.0 Å². The van der Waals surface area contributed by atoms with Crippen LogP contribution in [-0.4, -0.2) is 15.0 Å². The molecule has 0 amide bonds. The van der Waals surface area contributed by atoms with Crippen LogP contribution in [0.5, 0.6) is 0 Å². The lowest BCUT2D eigenvalue weighted by Gasteiger charge is -2.21. The van der Waals surface area contributed by atoms with Crippen LogP contribution < -0.4 is 0 Å². The highest BCUT2D eigenvalue weighted by atomic mass is 32.1. The summed E-state index contributed by atoms with van der Waals surface area (Å²) >= 11 is 1.81. The van der Waals surface area contributed by atoms with E-state index in [0.717, 1.165) is 16.7 Å². The van der Waals surface area contributed by atoms with Crippen molar-refractivity contribution in [1.29, 1.82) is 0 Å². The lowest BCUT2D eigenvalue weighted by Crippen LogP contribution is -2.15. The first-order valence-electron chi connectivity index (χ1n) is 13.5. The van der Waals surface area contributed by atoms with Crippen molar-refractivity contribution in [2.75, 3.05) is 0 Å². The quantitative estimate of drug-likeness (QED) is 0.228. The fraction of sp³-hybridized carbons (Fsp3) is 0.0833. The minimum absolute atomic E-state index is 0.0910. The van der Waals surface area contributed by atoms with Crippen LogP contribution in [0.25, 0.3) is 65.5 Å². The fourth-order valence-corrected chi connectivity index (χ4v) is 7.20. The van der Waals surface area contributed by atoms with Gasteiger partial charge in [0.1, 0.15) is 0 Å². The van der Waals surface area contributed by atoms with E-state index in [0.29, 0.717) is 17.5 Å². The van der Waals surface area contributed by atoms with Gasteiger partial charge in [-0.25, -0.2) is 15.0 Å². The van der Waals surface area contributed by atoms with Crippen LogP contribution in [0, 0.1) is 0 Å². The highest BCUT2D eigenvalue weighted by molar-refractivity contribution is 7.25. The molecule has 0 unspecified atom stereocenters. The van der Waals surface area contributed by atoms with E-state index in [1.807, 2.05) is 29.5 Å². The number of hydrogen-bond donors (Lipinski definition) is 0. The summed E-state index contributed by atoms with van der Waals surface area (Å²) in [5.41, 5.74) is 8.15. The average molecular weight is 532 g/mol. The molecule has 1 aliphatic rings. The van der Waals surface area contributed by atoms with E-state index in [9.17, 15) is 0 Å². The molecule has 0 N–H and O–H groups in total. The minimum atomic E-state index is -0.0910. The van der Waals surface area contributed by atoms with E-state index in [1.54, 1.807) is 0 Å². The third-order valence-electron chi connectivity index (χ3n) is 8.15. The lowest BCUT2D eigenvalue weighted by atomic mass is 9.82. The van der Waals surface area contributed by atoms with Crippen molar-refractivity contribution in [2.24, 2.45) is 0 Å². The smallest absolute Gasteiger partial charge is 0.164 e. The highest BCUT2D eigenvalue weighted by Crippen LogP contribution is 2.49. The second-order valence-electron chi connectivity index (χ2n) is 10.9. The molecule has 0 bridgehead atoms. The molecular weight excluding hydrogens is 506 g/mol. The molecule has 5 aromatic carbocycles. The molecule has 2 heterocycles. The van der Waals surface area contributed by atoms with Crippen molar-refractivity contribution in [3.63, 3.8) is 0 Å². The minimum Gasteiger partial charge on any atom is -0.208 e. The molecule has 2 aromatic heterocycles. The predicted octanol–water partition coefficient (Wildman–Crippen LogP) is 9.55. The molecule has 7 aromatic rings. The Labute approximate surface area is 236 Å². The van der Waals surface area contributed by atoms with Gasteiger partial charge in [-0.2, -0.15) is 0 Å². The van der Waals surface area contributed by atoms with Crippen molar-refractivity contribution in [3.8, 4) is 45.3 Å². The zero-order valence-corrected chi connectivity index (χ0v) is 23.0. The number of rotatable bonds is 3. The Bertz CT molecular complexity index is 2090. The fourth-order valence-electron chi connectivity index (χ4n) is 6.06. The zero-order chi connectivity index (χ0) is 26.8. The highest BCUT2D eigenvalue weighted by Gasteiger charge is 2.35. The molecule has 1 aliphatic carbocycles. The summed E-state index contributed by atoms with van der Waals surface area (Å²) in [5, 5.41) is 2.56. The summed E-state index contributed by atoms with van der Waals surface area (Å²) in [6.07, 6.45) is 0. The third-order valence-corrected chi connectivity index (χ3v) is 9.28. The molecule has 0 atom stereocenters. The third kappa shape index (κ3) is 3.53. The molecule has 0 saturated carbocycles. The first-order valence-corrected chi connectivity index (χ1v) is 14.4. The maximum atomic E-state index is 5.06. The van der Waals surface area contributed by atoms with Gasteiger partial charge in [0, 0.05) is 42.3 Å². The van der Waals surface area contributed by atoms with Gasteiger partial charge in [0.2, 0.25) is 0 Å². The lowest BCUT2D eigenvalue weighted by molar-refractivity contribution is 0.660. The Morgan fingerprint density at radius 3 is 1.90 bits per heavy atom. The number of thiophene rings is 1. The van der Waals surface area contributed by atoms with Gasteiger partial charge < -0.3 is 0 Å². The van der Waals surface area contributed by atoms with Crippen LogP contribution >= 0.6 is 11.3 Å². The monoisotopic (exact) mass is 531 g/mol. The van der Waals surface area contributed by atoms with Gasteiger partial charge in [0.25, 0.3) is 0 Å². The average Bonchev–Trinajstić information content (AvgIpc) is 3.49. The van der Waals surface area contributed by atoms with Crippen LogP contribution in [0.2, 0.25) is 0 Å². The van der Waals surface area contributed by atoms with Gasteiger partial charge in [0.05, 0.1) is 0 Å². The van der Waals surface area contributed by atoms with E-state index in [4.69, 9.17) is 15.0 Å². The summed E-state index contributed by atoms with van der Waals surface area (Å²) in [7, 11) is 0. The zero-order valence-electron chi connectivity index (χ0n) is 22.2. The van der Waals surface area contributed by atoms with Gasteiger partial charge in [-0.15, -0.1) is 11.3 Å². The van der Waals surface area contributed by atoms with E-state index < -0.39 is 0 Å². The molecule has 8 rings (SSSR count). The van der Waals surface area contributed by atoms with E-state index in [-0.39, 0.29) is 5.41 Å². The topological polar surface area (TPSA) is 38.7 Å². The molecule has 4 heteroatoms. The van der Waals surface area contributed by atoms with Crippen LogP contribution in [0.15, 0.2) is 115 Å². The Morgan fingerprint density at radius 1 is 0.475 bits per heavy atom. The summed E-state index contributed by atoms with van der Waals surface area (Å²) < 4.78 is 2.52. The second kappa shape index (κ2) is 8.67. The standard InChI is InChI=1S/C36H25N3S/c1-36(2)29-14-8-6-12-25(29)26-18-16-23(20-30(26)36)34-37-33(22-10-4-3-5-11-22)38-35(39-34)24-17-19-28-27-13-7-9-15-31(27)40-32(28)21-24/h3-21H,1-2H3. The summed E-state index contributed by atoms with van der Waals surface area (Å²) in [5.74, 6) is 2.06. The Hall–Kier alpha value is -4.67. The second-order valence-corrected chi connectivity index (χ2v) is 12.0. The molecule has 0 saturated heterocycles. The van der Waals surface area contributed by atoms with E-state index >= 15 is 0 Å². The Balaban J connectivity index is 1.31. The molecule has 0 fully saturated rings. The van der Waals surface area contributed by atoms with Gasteiger partial charge in [-0.05, 0) is 40.5 Å². The molecule has 3 nitrogen and oxygen atoms in total. The molecular formula is C36H25N3S. The molecule has 0 radical (unpaired) electrons. The number of fused-ring (bicyclic) bond motifs is 6. The first kappa shape index (κ1) is 23.2. The van der Waals surface area contributed by atoms with Crippen LogP contribution in [0.3, 0.4) is 0 Å². The Morgan fingerprint density at radius 2 is 1.07 bits per heavy atom. The maximum absolute atomic E-state index is 5.06. The summed E-state index contributed by atoms with van der Waals surface area (Å²) in [6.45, 7) is 4.60. The Kier molecular flexibility index (Phi) is 5.04. The van der Waals surface area contributed by atoms with Crippen LogP contribution in [0.4, 0.5) is 0 Å². The van der Waals surface area contributed by atoms with E-state index in [1.165, 1.54) is 42.4 Å². The van der Waals surface area contributed by atoms with Crippen molar-refractivity contribution in [2.45, 2.75) is 19.3 Å². The number of hydrogen-bond acceptors (Lipinski definition) is 4. The van der Waals surface area contributed by atoms with Gasteiger partial charge >= 0.3 is 0 Å². The van der Waals surface area contributed by atoms with Gasteiger partial charge in [-0.3, -0.25) is 0 Å². The number of benzene rings is 5. The SMILES string of the molecule is CC1(C)c2ccccc2-c2ccc(-c3nc(-c4ccccc4)nc(-c4ccc5c(c4)sc4ccccc45)n3)cc21. The first-order chi connectivity index (χ1) is 19.6. The van der Waals surface area contributed by atoms with E-state index in [2.05, 4.69) is 111 Å². The normalized spacial score (nSPS) is 13.4. The molecule has 0 aliphatic heterocycles. The molecule has 190 valence electrons. The summed E-state index contributed by atoms with van der Waals surface area (Å²) in [4.78, 5) is 15.0. The maximum Gasteiger partial charge on any atom is 0.164 e. The largest absolute Gasteiger partial charge is 0.208 e. The van der Waals surface area contributed by atoms with Gasteiger partial charge in [0.15, 0.2) is 17.5 Å². The van der Waals surface area contributed by atoms with Crippen molar-refractivity contribution >= 4 is 31.5 Å². The van der Waals surface area contributed by atoms with Crippen molar-refractivity contribution < 1.29 is 0 Å². The predicted molar refractivity (Wildman–Crippen MR) is 167 cm³/mol. The molecule has 0 spiro atoms. The van der Waals surface area contributed by atoms with Crippen molar-refractivity contribution in [3.05, 3.63) is 126 Å². The molecule has 40 heavy (non-hydrogen) atoms. The number of nitrogens with zero attached hydrogens (tertiary/aromatic N) is 3. The van der Waals surface area contributed by atoms with Gasteiger partial charge in [-0.1, -0.05) is 111 Å². The van der Waals surface area contributed by atoms with Crippen molar-refractivity contribution in [1.82, 2.24) is 15.0 Å².